The first-order valence-corrected chi connectivity index (χ1v) is 26.5. The van der Waals surface area contributed by atoms with Crippen LogP contribution >= 0.6 is 7.82 Å². The molecule has 3 unspecified atom stereocenters. The summed E-state index contributed by atoms with van der Waals surface area (Å²) in [5.41, 5.74) is 0. The Bertz CT molecular complexity index is 1120. The predicted molar refractivity (Wildman–Crippen MR) is 258 cm³/mol. The first kappa shape index (κ1) is 58.5. The molecule has 0 fully saturated rings. The van der Waals surface area contributed by atoms with Gasteiger partial charge in [-0.1, -0.05) is 204 Å². The molecule has 0 rings (SSSR count). The van der Waals surface area contributed by atoms with Gasteiger partial charge in [-0.3, -0.25) is 13.8 Å². The van der Waals surface area contributed by atoms with Crippen molar-refractivity contribution in [1.82, 2.24) is 5.32 Å². The summed E-state index contributed by atoms with van der Waals surface area (Å²) >= 11 is 0. The molecular formula is C51H98N2O6P+. The lowest BCUT2D eigenvalue weighted by atomic mass is 10.0. The molecule has 0 saturated heterocycles. The summed E-state index contributed by atoms with van der Waals surface area (Å²) in [7, 11) is 1.55. The average Bonchev–Trinajstić information content (AvgIpc) is 3.20. The van der Waals surface area contributed by atoms with E-state index in [9.17, 15) is 19.4 Å². The van der Waals surface area contributed by atoms with Crippen LogP contribution in [0, 0.1) is 0 Å². The van der Waals surface area contributed by atoms with Crippen LogP contribution in [0.4, 0.5) is 0 Å². The van der Waals surface area contributed by atoms with Gasteiger partial charge in [0.1, 0.15) is 13.2 Å². The van der Waals surface area contributed by atoms with Gasteiger partial charge in [-0.2, -0.15) is 0 Å². The lowest BCUT2D eigenvalue weighted by Gasteiger charge is -2.25. The molecule has 3 atom stereocenters. The number of likely N-dealkylation sites (N-methyl/N-ethyl adjacent to an activating group) is 1. The summed E-state index contributed by atoms with van der Waals surface area (Å²) < 4.78 is 23.6. The molecular weight excluding hydrogens is 768 g/mol. The summed E-state index contributed by atoms with van der Waals surface area (Å²) in [5, 5.41) is 13.9. The van der Waals surface area contributed by atoms with E-state index in [4.69, 9.17) is 9.05 Å². The van der Waals surface area contributed by atoms with Gasteiger partial charge >= 0.3 is 7.82 Å². The van der Waals surface area contributed by atoms with Crippen LogP contribution in [-0.4, -0.2) is 73.4 Å². The Morgan fingerprint density at radius 3 is 1.52 bits per heavy atom. The minimum atomic E-state index is -4.35. The number of aliphatic hydroxyl groups excluding tert-OH is 1. The van der Waals surface area contributed by atoms with E-state index in [2.05, 4.69) is 55.6 Å². The zero-order chi connectivity index (χ0) is 44.3. The van der Waals surface area contributed by atoms with Gasteiger partial charge < -0.3 is 19.8 Å². The van der Waals surface area contributed by atoms with Crippen molar-refractivity contribution in [3.8, 4) is 0 Å². The number of nitrogens with zero attached hydrogens (tertiary/aromatic N) is 1. The summed E-state index contributed by atoms with van der Waals surface area (Å²) in [6, 6.07) is -0.863. The minimum absolute atomic E-state index is 0.0558. The number of quaternary nitrogens is 1. The molecule has 0 aromatic carbocycles. The molecule has 3 N–H and O–H groups in total. The summed E-state index contributed by atoms with van der Waals surface area (Å²) in [4.78, 5) is 23.2. The second-order valence-corrected chi connectivity index (χ2v) is 19.6. The molecule has 1 amide bonds. The van der Waals surface area contributed by atoms with Crippen molar-refractivity contribution < 1.29 is 32.9 Å². The monoisotopic (exact) mass is 866 g/mol. The number of nitrogens with one attached hydrogen (secondary N) is 1. The summed E-state index contributed by atoms with van der Waals surface area (Å²) in [6.45, 7) is 4.70. The fourth-order valence-electron chi connectivity index (χ4n) is 7.10. The van der Waals surface area contributed by atoms with Crippen molar-refractivity contribution >= 4 is 13.7 Å². The maximum atomic E-state index is 12.9. The average molecular weight is 866 g/mol. The van der Waals surface area contributed by atoms with Gasteiger partial charge in [-0.25, -0.2) is 4.57 Å². The third kappa shape index (κ3) is 44.5. The molecule has 0 saturated carbocycles. The molecule has 0 aromatic heterocycles. The van der Waals surface area contributed by atoms with Crippen LogP contribution in [0.2, 0.25) is 0 Å². The number of hydrogen-bond donors (Lipinski definition) is 3. The molecule has 352 valence electrons. The highest BCUT2D eigenvalue weighted by Gasteiger charge is 2.27. The summed E-state index contributed by atoms with van der Waals surface area (Å²) in [5.74, 6) is -0.188. The molecule has 0 bridgehead atoms. The van der Waals surface area contributed by atoms with Gasteiger partial charge in [0, 0.05) is 6.42 Å². The number of allylic oxidation sites excluding steroid dienone is 7. The molecule has 0 aliphatic heterocycles. The minimum Gasteiger partial charge on any atom is -0.387 e. The zero-order valence-corrected chi connectivity index (χ0v) is 40.8. The Labute approximate surface area is 371 Å². The van der Waals surface area contributed by atoms with Gasteiger partial charge in [-0.15, -0.1) is 0 Å². The Hall–Kier alpha value is -1.54. The van der Waals surface area contributed by atoms with E-state index in [1.54, 1.807) is 6.08 Å². The van der Waals surface area contributed by atoms with Crippen molar-refractivity contribution in [1.29, 1.82) is 0 Å². The lowest BCUT2D eigenvalue weighted by Crippen LogP contribution is -2.45. The molecule has 0 aromatic rings. The Kier molecular flexibility index (Phi) is 41.6. The van der Waals surface area contributed by atoms with Crippen LogP contribution in [-0.2, 0) is 18.4 Å². The van der Waals surface area contributed by atoms with Gasteiger partial charge in [-0.05, 0) is 57.8 Å². The number of rotatable bonds is 45. The topological polar surface area (TPSA) is 105 Å². The van der Waals surface area contributed by atoms with Crippen LogP contribution in [0.15, 0.2) is 48.6 Å². The normalized spacial score (nSPS) is 14.6. The van der Waals surface area contributed by atoms with Gasteiger partial charge in [0.2, 0.25) is 5.91 Å². The molecule has 8 nitrogen and oxygen atoms in total. The molecule has 0 spiro atoms. The number of aliphatic hydroxyl groups is 1. The Morgan fingerprint density at radius 1 is 0.583 bits per heavy atom. The third-order valence-electron chi connectivity index (χ3n) is 11.0. The zero-order valence-electron chi connectivity index (χ0n) is 39.9. The standard InChI is InChI=1S/C51H97N2O6P/c1-6-8-10-12-14-16-18-20-22-24-25-26-27-29-31-33-35-37-39-41-43-45-51(55)52-49(48-59-60(56,57)58-47-46-53(3,4)5)50(54)44-42-40-38-36-34-32-30-28-23-21-19-17-15-13-11-9-7-2/h8,10,14,16,34,36,42,44,49-50,54H,6-7,9,11-13,15,17-33,35,37-41,43,45-48H2,1-5H3,(H-,52,55,56,57)/p+1/b10-8-,16-14-,36-34+,44-42+. The maximum absolute atomic E-state index is 12.9. The number of carbonyl (C=O) groups excluding carboxylic acids is 1. The van der Waals surface area contributed by atoms with Crippen LogP contribution < -0.4 is 5.32 Å². The molecule has 0 aliphatic carbocycles. The number of phosphoric ester groups is 1. The van der Waals surface area contributed by atoms with Crippen molar-refractivity contribution in [2.45, 2.75) is 231 Å². The van der Waals surface area contributed by atoms with E-state index in [1.807, 2.05) is 27.2 Å². The quantitative estimate of drug-likeness (QED) is 0.0244. The van der Waals surface area contributed by atoms with Crippen molar-refractivity contribution in [3.05, 3.63) is 48.6 Å². The largest absolute Gasteiger partial charge is 0.472 e. The van der Waals surface area contributed by atoms with E-state index in [0.29, 0.717) is 17.4 Å². The SMILES string of the molecule is CC/C=C\C/C=C\CCCCCCCCCCCCCCCCC(=O)NC(COP(=O)(O)OCC[N+](C)(C)C)C(O)/C=C/CC/C=C/CCCCCCCCCCCCC. The second-order valence-electron chi connectivity index (χ2n) is 18.2. The summed E-state index contributed by atoms with van der Waals surface area (Å²) in [6.07, 6.45) is 54.8. The van der Waals surface area contributed by atoms with E-state index in [-0.39, 0.29) is 19.1 Å². The first-order valence-electron chi connectivity index (χ1n) is 25.0. The number of carbonyl (C=O) groups is 1. The fraction of sp³-hybridized carbons (Fsp3) is 0.824. The molecule has 0 heterocycles. The van der Waals surface area contributed by atoms with Crippen molar-refractivity contribution in [3.63, 3.8) is 0 Å². The highest BCUT2D eigenvalue weighted by molar-refractivity contribution is 7.47. The van der Waals surface area contributed by atoms with Crippen LogP contribution in [0.3, 0.4) is 0 Å². The smallest absolute Gasteiger partial charge is 0.387 e. The molecule has 60 heavy (non-hydrogen) atoms. The number of amides is 1. The number of unbranched alkanes of at least 4 members (excludes halogenated alkanes) is 26. The van der Waals surface area contributed by atoms with Crippen LogP contribution in [0.1, 0.15) is 219 Å². The maximum Gasteiger partial charge on any atom is 0.472 e. The van der Waals surface area contributed by atoms with E-state index >= 15 is 0 Å². The van der Waals surface area contributed by atoms with E-state index in [1.165, 1.54) is 148 Å². The van der Waals surface area contributed by atoms with Gasteiger partial charge in [0.05, 0.1) is 39.9 Å². The number of hydrogen-bond acceptors (Lipinski definition) is 5. The van der Waals surface area contributed by atoms with E-state index < -0.39 is 20.0 Å². The second kappa shape index (κ2) is 42.7. The number of phosphoric acid groups is 1. The van der Waals surface area contributed by atoms with Gasteiger partial charge in [0.15, 0.2) is 0 Å². The first-order chi connectivity index (χ1) is 29.0. The highest BCUT2D eigenvalue weighted by atomic mass is 31.2. The van der Waals surface area contributed by atoms with Crippen molar-refractivity contribution in [2.75, 3.05) is 40.9 Å². The lowest BCUT2D eigenvalue weighted by molar-refractivity contribution is -0.870. The molecule has 9 heteroatoms. The van der Waals surface area contributed by atoms with Gasteiger partial charge in [0.25, 0.3) is 0 Å². The van der Waals surface area contributed by atoms with E-state index in [0.717, 1.165) is 51.4 Å². The van der Waals surface area contributed by atoms with Crippen LogP contribution in [0.5, 0.6) is 0 Å². The highest BCUT2D eigenvalue weighted by Crippen LogP contribution is 2.43. The third-order valence-corrected chi connectivity index (χ3v) is 12.0. The fourth-order valence-corrected chi connectivity index (χ4v) is 7.83. The van der Waals surface area contributed by atoms with Crippen LogP contribution in [0.25, 0.3) is 0 Å². The van der Waals surface area contributed by atoms with Crippen molar-refractivity contribution in [2.24, 2.45) is 0 Å². The predicted octanol–water partition coefficient (Wildman–Crippen LogP) is 14.4. The molecule has 0 radical (unpaired) electrons. The molecule has 0 aliphatic rings. The Morgan fingerprint density at radius 2 is 1.02 bits per heavy atom. The Balaban J connectivity index is 4.34.